The SMILES string of the molecule is O=c1ccc(-c2cncc(=O)[nH]2)c[nH]1. The number of aromatic nitrogens is 3. The van der Waals surface area contributed by atoms with Crippen molar-refractivity contribution in [2.24, 2.45) is 0 Å². The van der Waals surface area contributed by atoms with E-state index in [2.05, 4.69) is 15.0 Å². The van der Waals surface area contributed by atoms with Crippen LogP contribution in [0, 0.1) is 0 Å². The highest BCUT2D eigenvalue weighted by atomic mass is 16.1. The fraction of sp³-hybridized carbons (Fsp3) is 0. The molecule has 0 bridgehead atoms. The van der Waals surface area contributed by atoms with Gasteiger partial charge in [-0.05, 0) is 6.07 Å². The summed E-state index contributed by atoms with van der Waals surface area (Å²) in [5.74, 6) is 0. The van der Waals surface area contributed by atoms with E-state index < -0.39 is 0 Å². The van der Waals surface area contributed by atoms with Crippen LogP contribution >= 0.6 is 0 Å². The first kappa shape index (κ1) is 8.43. The molecule has 70 valence electrons. The van der Waals surface area contributed by atoms with Gasteiger partial charge in [0.25, 0.3) is 5.56 Å². The first-order chi connectivity index (χ1) is 6.75. The lowest BCUT2D eigenvalue weighted by atomic mass is 10.2. The van der Waals surface area contributed by atoms with Gasteiger partial charge in [0.15, 0.2) is 0 Å². The maximum absolute atomic E-state index is 10.9. The highest BCUT2D eigenvalue weighted by Gasteiger charge is 1.97. The van der Waals surface area contributed by atoms with E-state index in [4.69, 9.17) is 0 Å². The van der Waals surface area contributed by atoms with Gasteiger partial charge in [-0.3, -0.25) is 14.6 Å². The second-order valence-electron chi connectivity index (χ2n) is 2.75. The number of aromatic amines is 2. The molecule has 0 unspecified atom stereocenters. The predicted octanol–water partition coefficient (Wildman–Crippen LogP) is 0.125. The Balaban J connectivity index is 2.55. The number of H-pyrrole nitrogens is 2. The van der Waals surface area contributed by atoms with Crippen LogP contribution in [0.1, 0.15) is 0 Å². The van der Waals surface area contributed by atoms with E-state index in [0.717, 1.165) is 5.56 Å². The van der Waals surface area contributed by atoms with Crippen molar-refractivity contribution in [3.05, 3.63) is 51.4 Å². The summed E-state index contributed by atoms with van der Waals surface area (Å²) in [5, 5.41) is 0. The Morgan fingerprint density at radius 1 is 1.07 bits per heavy atom. The highest BCUT2D eigenvalue weighted by molar-refractivity contribution is 5.55. The molecule has 0 aliphatic rings. The molecule has 0 aliphatic heterocycles. The molecule has 2 heterocycles. The molecule has 2 aromatic rings. The maximum Gasteiger partial charge on any atom is 0.266 e. The topological polar surface area (TPSA) is 78.6 Å². The van der Waals surface area contributed by atoms with Gasteiger partial charge in [-0.25, -0.2) is 0 Å². The third-order valence-corrected chi connectivity index (χ3v) is 1.75. The number of rotatable bonds is 1. The number of nitrogens with one attached hydrogen (secondary N) is 2. The van der Waals surface area contributed by atoms with Crippen molar-refractivity contribution in [1.29, 1.82) is 0 Å². The molecule has 0 saturated carbocycles. The lowest BCUT2D eigenvalue weighted by Crippen LogP contribution is -2.07. The number of pyridine rings is 1. The molecule has 2 rings (SSSR count). The van der Waals surface area contributed by atoms with Gasteiger partial charge in [0.1, 0.15) is 0 Å². The third kappa shape index (κ3) is 1.61. The first-order valence-electron chi connectivity index (χ1n) is 3.99. The third-order valence-electron chi connectivity index (χ3n) is 1.75. The Morgan fingerprint density at radius 3 is 2.57 bits per heavy atom. The smallest absolute Gasteiger partial charge is 0.266 e. The van der Waals surface area contributed by atoms with E-state index in [0.29, 0.717) is 5.69 Å². The summed E-state index contributed by atoms with van der Waals surface area (Å²) in [4.78, 5) is 30.6. The minimum atomic E-state index is -0.270. The molecule has 0 atom stereocenters. The standard InChI is InChI=1S/C9H7N3O2/c13-8-2-1-6(3-11-8)7-4-10-5-9(14)12-7/h1-5H,(H,11,13)(H,12,14). The molecule has 0 saturated heterocycles. The summed E-state index contributed by atoms with van der Waals surface area (Å²) in [6.45, 7) is 0. The van der Waals surface area contributed by atoms with Crippen LogP contribution in [0.15, 0.2) is 40.3 Å². The van der Waals surface area contributed by atoms with E-state index in [1.165, 1.54) is 24.7 Å². The van der Waals surface area contributed by atoms with Gasteiger partial charge in [-0.2, -0.15) is 0 Å². The van der Waals surface area contributed by atoms with Gasteiger partial charge in [0.2, 0.25) is 5.56 Å². The van der Waals surface area contributed by atoms with E-state index in [-0.39, 0.29) is 11.1 Å². The van der Waals surface area contributed by atoms with E-state index in [9.17, 15) is 9.59 Å². The Kier molecular flexibility index (Phi) is 1.98. The van der Waals surface area contributed by atoms with Crippen LogP contribution in [-0.2, 0) is 0 Å². The summed E-state index contributed by atoms with van der Waals surface area (Å²) >= 11 is 0. The van der Waals surface area contributed by atoms with Gasteiger partial charge in [-0.15, -0.1) is 0 Å². The Labute approximate surface area is 78.5 Å². The molecule has 0 aromatic carbocycles. The maximum atomic E-state index is 10.9. The van der Waals surface area contributed by atoms with Crippen molar-refractivity contribution in [3.8, 4) is 11.3 Å². The largest absolute Gasteiger partial charge is 0.328 e. The monoisotopic (exact) mass is 189 g/mol. The van der Waals surface area contributed by atoms with Crippen molar-refractivity contribution in [1.82, 2.24) is 15.0 Å². The van der Waals surface area contributed by atoms with Gasteiger partial charge < -0.3 is 9.97 Å². The molecule has 0 radical (unpaired) electrons. The lowest BCUT2D eigenvalue weighted by molar-refractivity contribution is 1.13. The van der Waals surface area contributed by atoms with Crippen LogP contribution < -0.4 is 11.1 Å². The van der Waals surface area contributed by atoms with Crippen LogP contribution in [-0.4, -0.2) is 15.0 Å². The van der Waals surface area contributed by atoms with E-state index in [1.807, 2.05) is 0 Å². The van der Waals surface area contributed by atoms with Crippen molar-refractivity contribution in [2.45, 2.75) is 0 Å². The van der Waals surface area contributed by atoms with Crippen molar-refractivity contribution >= 4 is 0 Å². The van der Waals surface area contributed by atoms with Crippen LogP contribution in [0.2, 0.25) is 0 Å². The first-order valence-corrected chi connectivity index (χ1v) is 3.99. The van der Waals surface area contributed by atoms with E-state index >= 15 is 0 Å². The van der Waals surface area contributed by atoms with Crippen LogP contribution in [0.3, 0.4) is 0 Å². The molecule has 14 heavy (non-hydrogen) atoms. The summed E-state index contributed by atoms with van der Waals surface area (Å²) in [6, 6.07) is 3.01. The van der Waals surface area contributed by atoms with Crippen LogP contribution in [0.4, 0.5) is 0 Å². The number of hydrogen-bond donors (Lipinski definition) is 2. The minimum Gasteiger partial charge on any atom is -0.328 e. The lowest BCUT2D eigenvalue weighted by Gasteiger charge is -1.98. The zero-order valence-electron chi connectivity index (χ0n) is 7.15. The fourth-order valence-corrected chi connectivity index (χ4v) is 1.10. The molecular weight excluding hydrogens is 182 g/mol. The molecule has 0 amide bonds. The van der Waals surface area contributed by atoms with Gasteiger partial charge in [-0.1, -0.05) is 0 Å². The average molecular weight is 189 g/mol. The Morgan fingerprint density at radius 2 is 1.93 bits per heavy atom. The molecule has 0 aliphatic carbocycles. The zero-order chi connectivity index (χ0) is 9.97. The Bertz CT molecular complexity index is 536. The quantitative estimate of drug-likeness (QED) is 0.669. The Hall–Kier alpha value is -2.17. The molecule has 0 spiro atoms. The average Bonchev–Trinajstić information content (AvgIpc) is 2.19. The van der Waals surface area contributed by atoms with Crippen molar-refractivity contribution < 1.29 is 0 Å². The molecule has 5 heteroatoms. The minimum absolute atomic E-state index is 0.181. The zero-order valence-corrected chi connectivity index (χ0v) is 7.15. The summed E-state index contributed by atoms with van der Waals surface area (Å²) in [7, 11) is 0. The predicted molar refractivity (Wildman–Crippen MR) is 50.9 cm³/mol. The molecule has 5 nitrogen and oxygen atoms in total. The second kappa shape index (κ2) is 3.29. The number of nitrogens with zero attached hydrogens (tertiary/aromatic N) is 1. The van der Waals surface area contributed by atoms with Gasteiger partial charge in [0, 0.05) is 17.8 Å². The summed E-state index contributed by atoms with van der Waals surface area (Å²) in [6.07, 6.45) is 4.24. The fourth-order valence-electron chi connectivity index (χ4n) is 1.10. The summed E-state index contributed by atoms with van der Waals surface area (Å²) in [5.41, 5.74) is 0.845. The van der Waals surface area contributed by atoms with Gasteiger partial charge >= 0.3 is 0 Å². The van der Waals surface area contributed by atoms with Crippen LogP contribution in [0.5, 0.6) is 0 Å². The van der Waals surface area contributed by atoms with E-state index in [1.54, 1.807) is 6.07 Å². The molecular formula is C9H7N3O2. The molecule has 2 aromatic heterocycles. The molecule has 2 N–H and O–H groups in total. The van der Waals surface area contributed by atoms with Crippen LogP contribution in [0.25, 0.3) is 11.3 Å². The second-order valence-corrected chi connectivity index (χ2v) is 2.75. The highest BCUT2D eigenvalue weighted by Crippen LogP contribution is 2.09. The normalized spacial score (nSPS) is 10.0. The van der Waals surface area contributed by atoms with Crippen molar-refractivity contribution in [2.75, 3.05) is 0 Å². The van der Waals surface area contributed by atoms with Crippen molar-refractivity contribution in [3.63, 3.8) is 0 Å². The van der Waals surface area contributed by atoms with Gasteiger partial charge in [0.05, 0.1) is 18.1 Å². The summed E-state index contributed by atoms with van der Waals surface area (Å²) < 4.78 is 0. The molecule has 0 fully saturated rings. The number of hydrogen-bond acceptors (Lipinski definition) is 3.